The molecule has 0 atom stereocenters. The zero-order valence-corrected chi connectivity index (χ0v) is 6.34. The number of pyridine rings is 1. The van der Waals surface area contributed by atoms with Crippen LogP contribution in [0.1, 0.15) is 18.4 Å². The average molecular weight is 149 g/mol. The number of rotatable bonds is 2. The highest BCUT2D eigenvalue weighted by atomic mass is 16.1. The number of aromatic nitrogens is 1. The monoisotopic (exact) mass is 149 g/mol. The highest BCUT2D eigenvalue weighted by Crippen LogP contribution is 2.31. The van der Waals surface area contributed by atoms with Crippen LogP contribution >= 0.6 is 0 Å². The van der Waals surface area contributed by atoms with Gasteiger partial charge in [0.2, 0.25) is 0 Å². The van der Waals surface area contributed by atoms with E-state index >= 15 is 0 Å². The molecule has 0 saturated heterocycles. The van der Waals surface area contributed by atoms with E-state index in [1.165, 1.54) is 12.8 Å². The van der Waals surface area contributed by atoms with E-state index < -0.39 is 0 Å². The van der Waals surface area contributed by atoms with Crippen molar-refractivity contribution < 1.29 is 0 Å². The van der Waals surface area contributed by atoms with Gasteiger partial charge in [0, 0.05) is 11.8 Å². The molecule has 0 aliphatic heterocycles. The fourth-order valence-electron chi connectivity index (χ4n) is 1.25. The van der Waals surface area contributed by atoms with Crippen molar-refractivity contribution in [2.75, 3.05) is 0 Å². The maximum atomic E-state index is 11.1. The van der Waals surface area contributed by atoms with Crippen molar-refractivity contribution >= 4 is 0 Å². The summed E-state index contributed by atoms with van der Waals surface area (Å²) < 4.78 is 0. The Balaban J connectivity index is 2.21. The van der Waals surface area contributed by atoms with Crippen LogP contribution in [0.2, 0.25) is 0 Å². The van der Waals surface area contributed by atoms with Gasteiger partial charge in [0.15, 0.2) is 0 Å². The fraction of sp³-hybridized carbons (Fsp3) is 0.444. The molecule has 1 aliphatic rings. The molecule has 11 heavy (non-hydrogen) atoms. The van der Waals surface area contributed by atoms with Crippen molar-refractivity contribution in [3.8, 4) is 0 Å². The molecule has 2 heteroatoms. The molecule has 0 bridgehead atoms. The van der Waals surface area contributed by atoms with Crippen molar-refractivity contribution in [3.63, 3.8) is 0 Å². The fourth-order valence-corrected chi connectivity index (χ4v) is 1.25. The zero-order valence-electron chi connectivity index (χ0n) is 6.34. The summed E-state index contributed by atoms with van der Waals surface area (Å²) in [6.07, 6.45) is 5.25. The Bertz CT molecular complexity index is 298. The molecule has 1 fully saturated rings. The first-order chi connectivity index (χ1) is 5.36. The molecule has 1 aromatic heterocycles. The highest BCUT2D eigenvalue weighted by molar-refractivity contribution is 5.10. The number of H-pyrrole nitrogens is 1. The van der Waals surface area contributed by atoms with Crippen LogP contribution in [0.3, 0.4) is 0 Å². The third-order valence-electron chi connectivity index (χ3n) is 2.11. The van der Waals surface area contributed by atoms with Gasteiger partial charge in [0.05, 0.1) is 0 Å². The Morgan fingerprint density at radius 1 is 1.55 bits per heavy atom. The molecule has 1 heterocycles. The molecule has 1 saturated carbocycles. The maximum Gasteiger partial charge on any atom is 0.251 e. The maximum absolute atomic E-state index is 11.1. The lowest BCUT2D eigenvalue weighted by atomic mass is 10.1. The first-order valence-corrected chi connectivity index (χ1v) is 4.03. The van der Waals surface area contributed by atoms with Gasteiger partial charge in [-0.2, -0.15) is 0 Å². The topological polar surface area (TPSA) is 32.9 Å². The van der Waals surface area contributed by atoms with Crippen LogP contribution < -0.4 is 5.56 Å². The number of hydrogen-bond acceptors (Lipinski definition) is 1. The molecule has 0 aromatic carbocycles. The number of hydrogen-bond donors (Lipinski definition) is 1. The van der Waals surface area contributed by atoms with Crippen molar-refractivity contribution in [1.29, 1.82) is 0 Å². The van der Waals surface area contributed by atoms with Crippen LogP contribution in [0.4, 0.5) is 0 Å². The van der Waals surface area contributed by atoms with Crippen molar-refractivity contribution in [1.82, 2.24) is 4.98 Å². The molecule has 2 rings (SSSR count). The van der Waals surface area contributed by atoms with Crippen LogP contribution in [0.15, 0.2) is 23.1 Å². The minimum atomic E-state index is 0.0828. The van der Waals surface area contributed by atoms with Gasteiger partial charge >= 0.3 is 0 Å². The third kappa shape index (κ3) is 1.50. The molecule has 1 aromatic rings. The molecule has 2 nitrogen and oxygen atoms in total. The van der Waals surface area contributed by atoms with Gasteiger partial charge in [-0.25, -0.2) is 0 Å². The smallest absolute Gasteiger partial charge is 0.251 e. The van der Waals surface area contributed by atoms with Gasteiger partial charge in [-0.05, 0) is 31.2 Å². The van der Waals surface area contributed by atoms with Crippen LogP contribution in [0.5, 0.6) is 0 Å². The Kier molecular flexibility index (Phi) is 1.53. The second-order valence-corrected chi connectivity index (χ2v) is 3.17. The molecule has 0 radical (unpaired) electrons. The normalized spacial score (nSPS) is 16.7. The predicted molar refractivity (Wildman–Crippen MR) is 43.5 cm³/mol. The first-order valence-electron chi connectivity index (χ1n) is 4.03. The van der Waals surface area contributed by atoms with Crippen LogP contribution in [0, 0.1) is 5.92 Å². The van der Waals surface area contributed by atoms with Gasteiger partial charge in [-0.3, -0.25) is 4.79 Å². The lowest BCUT2D eigenvalue weighted by Crippen LogP contribution is -2.11. The number of nitrogens with one attached hydrogen (secondary N) is 1. The van der Waals surface area contributed by atoms with Crippen LogP contribution in [-0.2, 0) is 6.42 Å². The standard InChI is InChI=1S/C9H11NO/c11-9-8(2-1-5-10-9)6-7-3-4-7/h1-2,5,7H,3-4,6H2,(H,10,11). The minimum absolute atomic E-state index is 0.0828. The van der Waals surface area contributed by atoms with E-state index in [9.17, 15) is 4.79 Å². The minimum Gasteiger partial charge on any atom is -0.329 e. The average Bonchev–Trinajstić information content (AvgIpc) is 2.78. The second kappa shape index (κ2) is 2.53. The Hall–Kier alpha value is -1.05. The quantitative estimate of drug-likeness (QED) is 0.676. The highest BCUT2D eigenvalue weighted by Gasteiger charge is 2.22. The van der Waals surface area contributed by atoms with Gasteiger partial charge < -0.3 is 4.98 Å². The summed E-state index contributed by atoms with van der Waals surface area (Å²) in [5, 5.41) is 0. The van der Waals surface area contributed by atoms with Gasteiger partial charge in [0.1, 0.15) is 0 Å². The summed E-state index contributed by atoms with van der Waals surface area (Å²) in [6, 6.07) is 3.80. The molecule has 0 unspecified atom stereocenters. The van der Waals surface area contributed by atoms with Gasteiger partial charge in [0.25, 0.3) is 5.56 Å². The van der Waals surface area contributed by atoms with E-state index in [-0.39, 0.29) is 5.56 Å². The van der Waals surface area contributed by atoms with E-state index in [4.69, 9.17) is 0 Å². The van der Waals surface area contributed by atoms with Gasteiger partial charge in [-0.1, -0.05) is 6.07 Å². The van der Waals surface area contributed by atoms with E-state index in [1.807, 2.05) is 12.1 Å². The lowest BCUT2D eigenvalue weighted by molar-refractivity contribution is 0.818. The lowest BCUT2D eigenvalue weighted by Gasteiger charge is -1.94. The van der Waals surface area contributed by atoms with Crippen LogP contribution in [0.25, 0.3) is 0 Å². The Morgan fingerprint density at radius 2 is 2.36 bits per heavy atom. The largest absolute Gasteiger partial charge is 0.329 e. The van der Waals surface area contributed by atoms with Crippen molar-refractivity contribution in [3.05, 3.63) is 34.2 Å². The summed E-state index contributed by atoms with van der Waals surface area (Å²) in [4.78, 5) is 13.8. The summed E-state index contributed by atoms with van der Waals surface area (Å²) in [7, 11) is 0. The van der Waals surface area contributed by atoms with E-state index in [1.54, 1.807) is 6.20 Å². The first kappa shape index (κ1) is 6.65. The summed E-state index contributed by atoms with van der Waals surface area (Å²) in [6.45, 7) is 0. The predicted octanol–water partition coefficient (Wildman–Crippen LogP) is 1.33. The summed E-state index contributed by atoms with van der Waals surface area (Å²) in [5.74, 6) is 0.790. The Morgan fingerprint density at radius 3 is 3.00 bits per heavy atom. The summed E-state index contributed by atoms with van der Waals surface area (Å²) in [5.41, 5.74) is 1.02. The van der Waals surface area contributed by atoms with Crippen molar-refractivity contribution in [2.45, 2.75) is 19.3 Å². The molecular formula is C9H11NO. The third-order valence-corrected chi connectivity index (χ3v) is 2.11. The summed E-state index contributed by atoms with van der Waals surface area (Å²) >= 11 is 0. The number of aromatic amines is 1. The van der Waals surface area contributed by atoms with Crippen molar-refractivity contribution in [2.24, 2.45) is 5.92 Å². The van der Waals surface area contributed by atoms with Crippen LogP contribution in [-0.4, -0.2) is 4.98 Å². The van der Waals surface area contributed by atoms with E-state index in [0.29, 0.717) is 0 Å². The van der Waals surface area contributed by atoms with Gasteiger partial charge in [-0.15, -0.1) is 0 Å². The molecule has 1 aliphatic carbocycles. The molecule has 0 spiro atoms. The zero-order chi connectivity index (χ0) is 7.68. The van der Waals surface area contributed by atoms with E-state index in [2.05, 4.69) is 4.98 Å². The second-order valence-electron chi connectivity index (χ2n) is 3.17. The van der Waals surface area contributed by atoms with E-state index in [0.717, 1.165) is 17.9 Å². The molecule has 58 valence electrons. The Labute approximate surface area is 65.3 Å². The molecule has 0 amide bonds. The SMILES string of the molecule is O=c1[nH]cccc1CC1CC1. The molecular weight excluding hydrogens is 138 g/mol. The molecule has 1 N–H and O–H groups in total.